The molecule has 0 fully saturated rings. The van der Waals surface area contributed by atoms with Gasteiger partial charge >= 0.3 is 0 Å². The summed E-state index contributed by atoms with van der Waals surface area (Å²) in [6.45, 7) is 2.41. The van der Waals surface area contributed by atoms with Crippen LogP contribution in [0.5, 0.6) is 11.5 Å². The fourth-order valence-corrected chi connectivity index (χ4v) is 2.41. The molecule has 2 amide bonds. The van der Waals surface area contributed by atoms with Crippen molar-refractivity contribution in [2.45, 2.75) is 6.92 Å². The lowest BCUT2D eigenvalue weighted by molar-refractivity contribution is -0.111. The van der Waals surface area contributed by atoms with Crippen LogP contribution in [0, 0.1) is 0 Å². The van der Waals surface area contributed by atoms with Gasteiger partial charge in [0.05, 0.1) is 13.7 Å². The molecule has 0 aliphatic carbocycles. The van der Waals surface area contributed by atoms with E-state index in [0.29, 0.717) is 29.4 Å². The molecular formula is C21H24N2O4. The quantitative estimate of drug-likeness (QED) is 0.760. The second kappa shape index (κ2) is 9.43. The highest BCUT2D eigenvalue weighted by Crippen LogP contribution is 2.28. The first-order chi connectivity index (χ1) is 12.9. The number of nitrogens with one attached hydrogen (secondary N) is 1. The van der Waals surface area contributed by atoms with Gasteiger partial charge < -0.3 is 19.7 Å². The summed E-state index contributed by atoms with van der Waals surface area (Å²) in [5.41, 5.74) is 1.88. The molecule has 142 valence electrons. The molecular weight excluding hydrogens is 344 g/mol. The number of nitrogens with zero attached hydrogens (tertiary/aromatic N) is 1. The van der Waals surface area contributed by atoms with Crippen LogP contribution in [-0.2, 0) is 4.79 Å². The Morgan fingerprint density at radius 2 is 1.89 bits per heavy atom. The molecule has 0 atom stereocenters. The zero-order valence-corrected chi connectivity index (χ0v) is 16.0. The van der Waals surface area contributed by atoms with E-state index in [1.54, 1.807) is 57.6 Å². The molecule has 0 saturated heterocycles. The number of amides is 2. The molecule has 0 spiro atoms. The zero-order valence-electron chi connectivity index (χ0n) is 16.0. The first-order valence-electron chi connectivity index (χ1n) is 8.56. The topological polar surface area (TPSA) is 67.9 Å². The molecule has 0 bridgehead atoms. The third kappa shape index (κ3) is 5.60. The van der Waals surface area contributed by atoms with Crippen molar-refractivity contribution in [2.24, 2.45) is 0 Å². The van der Waals surface area contributed by atoms with Crippen molar-refractivity contribution in [3.63, 3.8) is 0 Å². The molecule has 0 aliphatic heterocycles. The molecule has 6 nitrogen and oxygen atoms in total. The maximum absolute atomic E-state index is 12.2. The highest BCUT2D eigenvalue weighted by atomic mass is 16.5. The summed E-state index contributed by atoms with van der Waals surface area (Å²) in [7, 11) is 4.94. The number of benzene rings is 2. The van der Waals surface area contributed by atoms with Crippen molar-refractivity contribution in [1.82, 2.24) is 4.90 Å². The van der Waals surface area contributed by atoms with Crippen molar-refractivity contribution >= 4 is 23.6 Å². The van der Waals surface area contributed by atoms with Crippen molar-refractivity contribution in [3.05, 3.63) is 59.7 Å². The molecule has 27 heavy (non-hydrogen) atoms. The van der Waals surface area contributed by atoms with Gasteiger partial charge in [-0.3, -0.25) is 9.59 Å². The third-order valence-electron chi connectivity index (χ3n) is 3.70. The Labute approximate surface area is 159 Å². The molecule has 0 heterocycles. The summed E-state index contributed by atoms with van der Waals surface area (Å²) >= 11 is 0. The number of anilines is 1. The van der Waals surface area contributed by atoms with E-state index >= 15 is 0 Å². The lowest BCUT2D eigenvalue weighted by atomic mass is 10.1. The van der Waals surface area contributed by atoms with Crippen molar-refractivity contribution < 1.29 is 19.1 Å². The largest absolute Gasteiger partial charge is 0.493 e. The molecule has 2 aromatic rings. The van der Waals surface area contributed by atoms with E-state index in [1.807, 2.05) is 19.1 Å². The second-order valence-corrected chi connectivity index (χ2v) is 5.95. The molecule has 6 heteroatoms. The molecule has 0 unspecified atom stereocenters. The van der Waals surface area contributed by atoms with Crippen LogP contribution in [0.15, 0.2) is 48.5 Å². The summed E-state index contributed by atoms with van der Waals surface area (Å²) in [6.07, 6.45) is 3.12. The van der Waals surface area contributed by atoms with Gasteiger partial charge in [0, 0.05) is 31.4 Å². The van der Waals surface area contributed by atoms with Crippen molar-refractivity contribution in [3.8, 4) is 11.5 Å². The van der Waals surface area contributed by atoms with E-state index < -0.39 is 0 Å². The summed E-state index contributed by atoms with van der Waals surface area (Å²) in [5.74, 6) is 0.847. The SMILES string of the molecule is CCOc1cc(/C=C/C(=O)Nc2cccc(C(=O)N(C)C)c2)ccc1OC. The fraction of sp³-hybridized carbons (Fsp3) is 0.238. The van der Waals surface area contributed by atoms with Crippen LogP contribution < -0.4 is 14.8 Å². The zero-order chi connectivity index (χ0) is 19.8. The van der Waals surface area contributed by atoms with Crippen LogP contribution >= 0.6 is 0 Å². The second-order valence-electron chi connectivity index (χ2n) is 5.95. The van der Waals surface area contributed by atoms with Crippen LogP contribution in [0.25, 0.3) is 6.08 Å². The van der Waals surface area contributed by atoms with Gasteiger partial charge in [0.25, 0.3) is 5.91 Å². The Morgan fingerprint density at radius 3 is 2.56 bits per heavy atom. The molecule has 1 N–H and O–H groups in total. The highest BCUT2D eigenvalue weighted by Gasteiger charge is 2.09. The number of hydrogen-bond donors (Lipinski definition) is 1. The molecule has 2 rings (SSSR count). The third-order valence-corrected chi connectivity index (χ3v) is 3.70. The maximum atomic E-state index is 12.2. The minimum Gasteiger partial charge on any atom is -0.493 e. The van der Waals surface area contributed by atoms with Gasteiger partial charge in [-0.05, 0) is 48.9 Å². The summed E-state index contributed by atoms with van der Waals surface area (Å²) < 4.78 is 10.8. The van der Waals surface area contributed by atoms with E-state index in [1.165, 1.54) is 11.0 Å². The first-order valence-corrected chi connectivity index (χ1v) is 8.56. The van der Waals surface area contributed by atoms with Crippen LogP contribution in [0.3, 0.4) is 0 Å². The fourth-order valence-electron chi connectivity index (χ4n) is 2.41. The highest BCUT2D eigenvalue weighted by molar-refractivity contribution is 6.03. The van der Waals surface area contributed by atoms with E-state index in [4.69, 9.17) is 9.47 Å². The Kier molecular flexibility index (Phi) is 7.00. The number of methoxy groups -OCH3 is 1. The van der Waals surface area contributed by atoms with Crippen LogP contribution in [-0.4, -0.2) is 44.5 Å². The van der Waals surface area contributed by atoms with Crippen LogP contribution in [0.2, 0.25) is 0 Å². The van der Waals surface area contributed by atoms with E-state index in [9.17, 15) is 9.59 Å². The predicted octanol–water partition coefficient (Wildman–Crippen LogP) is 3.45. The smallest absolute Gasteiger partial charge is 0.253 e. The van der Waals surface area contributed by atoms with Gasteiger partial charge in [-0.1, -0.05) is 12.1 Å². The Balaban J connectivity index is 2.08. The molecule has 0 saturated carbocycles. The van der Waals surface area contributed by atoms with Gasteiger partial charge in [0.1, 0.15) is 0 Å². The summed E-state index contributed by atoms with van der Waals surface area (Å²) in [6, 6.07) is 12.3. The minimum absolute atomic E-state index is 0.122. The Morgan fingerprint density at radius 1 is 1.11 bits per heavy atom. The maximum Gasteiger partial charge on any atom is 0.253 e. The molecule has 0 aliphatic rings. The van der Waals surface area contributed by atoms with Crippen molar-refractivity contribution in [2.75, 3.05) is 33.1 Å². The molecule has 0 aromatic heterocycles. The van der Waals surface area contributed by atoms with Gasteiger partial charge in [0.2, 0.25) is 5.91 Å². The van der Waals surface area contributed by atoms with Crippen LogP contribution in [0.4, 0.5) is 5.69 Å². The van der Waals surface area contributed by atoms with E-state index in [0.717, 1.165) is 5.56 Å². The average molecular weight is 368 g/mol. The molecule has 2 aromatic carbocycles. The summed E-state index contributed by atoms with van der Waals surface area (Å²) in [4.78, 5) is 25.7. The number of carbonyl (C=O) groups is 2. The molecule has 0 radical (unpaired) electrons. The van der Waals surface area contributed by atoms with Crippen molar-refractivity contribution in [1.29, 1.82) is 0 Å². The number of hydrogen-bond acceptors (Lipinski definition) is 4. The standard InChI is InChI=1S/C21H24N2O4/c1-5-27-19-13-15(9-11-18(19)26-4)10-12-20(24)22-17-8-6-7-16(14-17)21(25)23(2)3/h6-14H,5H2,1-4H3,(H,22,24)/b12-10+. The number of carbonyl (C=O) groups excluding carboxylic acids is 2. The minimum atomic E-state index is -0.293. The van der Waals surface area contributed by atoms with Gasteiger partial charge in [0.15, 0.2) is 11.5 Å². The Bertz CT molecular complexity index is 844. The predicted molar refractivity (Wildman–Crippen MR) is 106 cm³/mol. The first kappa shape index (κ1) is 20.0. The average Bonchev–Trinajstić information content (AvgIpc) is 2.66. The number of ether oxygens (including phenoxy) is 2. The van der Waals surface area contributed by atoms with E-state index in [-0.39, 0.29) is 11.8 Å². The van der Waals surface area contributed by atoms with Gasteiger partial charge in [-0.2, -0.15) is 0 Å². The van der Waals surface area contributed by atoms with Crippen LogP contribution in [0.1, 0.15) is 22.8 Å². The lowest BCUT2D eigenvalue weighted by Crippen LogP contribution is -2.21. The van der Waals surface area contributed by atoms with Gasteiger partial charge in [-0.25, -0.2) is 0 Å². The van der Waals surface area contributed by atoms with E-state index in [2.05, 4.69) is 5.32 Å². The lowest BCUT2D eigenvalue weighted by Gasteiger charge is -2.11. The summed E-state index contributed by atoms with van der Waals surface area (Å²) in [5, 5.41) is 2.76. The normalized spacial score (nSPS) is 10.5. The monoisotopic (exact) mass is 368 g/mol. The number of rotatable bonds is 7. The van der Waals surface area contributed by atoms with Gasteiger partial charge in [-0.15, -0.1) is 0 Å². The Hall–Kier alpha value is -3.28.